The molecule has 1 fully saturated rings. The second kappa shape index (κ2) is 5.81. The zero-order chi connectivity index (χ0) is 9.56. The summed E-state index contributed by atoms with van der Waals surface area (Å²) < 4.78 is 0. The normalized spacial score (nSPS) is 21.2. The maximum atomic E-state index is 11.0. The van der Waals surface area contributed by atoms with E-state index < -0.39 is 0 Å². The Labute approximate surface area is 75.3 Å². The molecule has 0 aromatic rings. The lowest BCUT2D eigenvalue weighted by molar-refractivity contribution is -0.125. The van der Waals surface area contributed by atoms with Crippen molar-refractivity contribution in [1.82, 2.24) is 4.90 Å². The van der Waals surface area contributed by atoms with Gasteiger partial charge in [0.1, 0.15) is 0 Å². The van der Waals surface area contributed by atoms with Gasteiger partial charge < -0.3 is 4.90 Å². The predicted octanol–water partition coefficient (Wildman–Crippen LogP) is 2.07. The zero-order valence-electron chi connectivity index (χ0n) is 8.34. The largest absolute Gasteiger partial charge is 0.339 e. The summed E-state index contributed by atoms with van der Waals surface area (Å²) in [7, 11) is 0. The Morgan fingerprint density at radius 3 is 2.50 bits per heavy atom. The molecular formula is C10H19NO. The molecule has 2 nitrogen and oxygen atoms in total. The average molecular weight is 169 g/mol. The van der Waals surface area contributed by atoms with Crippen molar-refractivity contribution in [2.24, 2.45) is 5.92 Å². The van der Waals surface area contributed by atoms with Gasteiger partial charge in [-0.25, -0.2) is 0 Å². The lowest BCUT2D eigenvalue weighted by atomic mass is 10.2. The summed E-state index contributed by atoms with van der Waals surface area (Å²) in [6, 6.07) is 0. The highest BCUT2D eigenvalue weighted by molar-refractivity contribution is 5.87. The lowest BCUT2D eigenvalue weighted by Gasteiger charge is -2.11. The van der Waals surface area contributed by atoms with E-state index in [1.54, 1.807) is 0 Å². The highest BCUT2D eigenvalue weighted by atomic mass is 16.2. The Kier molecular flexibility index (Phi) is 5.43. The topological polar surface area (TPSA) is 20.3 Å². The van der Waals surface area contributed by atoms with Crippen molar-refractivity contribution in [3.63, 3.8) is 0 Å². The molecule has 1 rings (SSSR count). The first-order chi connectivity index (χ1) is 5.74. The second-order valence-electron chi connectivity index (χ2n) is 2.88. The lowest BCUT2D eigenvalue weighted by Crippen LogP contribution is -2.26. The predicted molar refractivity (Wildman–Crippen MR) is 51.9 cm³/mol. The van der Waals surface area contributed by atoms with Crippen molar-refractivity contribution in [2.75, 3.05) is 13.1 Å². The molecule has 70 valence electrons. The third-order valence-electron chi connectivity index (χ3n) is 1.91. The van der Waals surface area contributed by atoms with Crippen LogP contribution >= 0.6 is 0 Å². The molecule has 1 heterocycles. The molecule has 12 heavy (non-hydrogen) atoms. The van der Waals surface area contributed by atoms with E-state index in [-0.39, 0.29) is 5.91 Å². The van der Waals surface area contributed by atoms with E-state index in [0.717, 1.165) is 19.5 Å². The third-order valence-corrected chi connectivity index (χ3v) is 1.91. The van der Waals surface area contributed by atoms with Gasteiger partial charge in [0, 0.05) is 13.1 Å². The van der Waals surface area contributed by atoms with Crippen LogP contribution in [0.3, 0.4) is 0 Å². The van der Waals surface area contributed by atoms with Crippen LogP contribution in [0.4, 0.5) is 0 Å². The van der Waals surface area contributed by atoms with Gasteiger partial charge in [0.15, 0.2) is 0 Å². The standard InChI is InChI=1S/C8H13NO.C2H6/c1-3-8(10)9-5-4-7(2)6-9;1-2/h3,7H,1,4-6H2,2H3;1-2H3. The SMILES string of the molecule is C=CC(=O)N1CCC(C)C1.CC. The van der Waals surface area contributed by atoms with Gasteiger partial charge in [0.05, 0.1) is 0 Å². The molecule has 0 aromatic carbocycles. The highest BCUT2D eigenvalue weighted by Crippen LogP contribution is 2.14. The molecular weight excluding hydrogens is 150 g/mol. The number of hydrogen-bond donors (Lipinski definition) is 0. The Morgan fingerprint density at radius 1 is 1.58 bits per heavy atom. The first-order valence-corrected chi connectivity index (χ1v) is 4.65. The van der Waals surface area contributed by atoms with Crippen molar-refractivity contribution in [3.05, 3.63) is 12.7 Å². The number of rotatable bonds is 1. The summed E-state index contributed by atoms with van der Waals surface area (Å²) >= 11 is 0. The minimum Gasteiger partial charge on any atom is -0.339 e. The van der Waals surface area contributed by atoms with E-state index in [0.29, 0.717) is 5.92 Å². The summed E-state index contributed by atoms with van der Waals surface area (Å²) in [5.74, 6) is 0.744. The molecule has 0 spiro atoms. The van der Waals surface area contributed by atoms with Gasteiger partial charge in [0.2, 0.25) is 5.91 Å². The van der Waals surface area contributed by atoms with Crippen LogP contribution in [0, 0.1) is 5.92 Å². The summed E-state index contributed by atoms with van der Waals surface area (Å²) in [5, 5.41) is 0. The van der Waals surface area contributed by atoms with Crippen LogP contribution < -0.4 is 0 Å². The number of likely N-dealkylation sites (tertiary alicyclic amines) is 1. The minimum atomic E-state index is 0.0735. The van der Waals surface area contributed by atoms with E-state index in [9.17, 15) is 4.79 Å². The fourth-order valence-electron chi connectivity index (χ4n) is 1.26. The van der Waals surface area contributed by atoms with Gasteiger partial charge in [0.25, 0.3) is 0 Å². The maximum Gasteiger partial charge on any atom is 0.245 e. The molecule has 0 radical (unpaired) electrons. The van der Waals surface area contributed by atoms with Crippen molar-refractivity contribution in [2.45, 2.75) is 27.2 Å². The molecule has 1 amide bonds. The molecule has 1 saturated heterocycles. The molecule has 1 aliphatic rings. The summed E-state index contributed by atoms with van der Waals surface area (Å²) in [5.41, 5.74) is 0. The van der Waals surface area contributed by atoms with E-state index >= 15 is 0 Å². The quantitative estimate of drug-likeness (QED) is 0.550. The Bertz CT molecular complexity index is 154. The molecule has 0 aliphatic carbocycles. The van der Waals surface area contributed by atoms with Crippen molar-refractivity contribution < 1.29 is 4.79 Å². The molecule has 0 saturated carbocycles. The third kappa shape index (κ3) is 3.07. The molecule has 1 aliphatic heterocycles. The minimum absolute atomic E-state index is 0.0735. The van der Waals surface area contributed by atoms with Crippen LogP contribution in [0.25, 0.3) is 0 Å². The van der Waals surface area contributed by atoms with Gasteiger partial charge in [-0.15, -0.1) is 0 Å². The monoisotopic (exact) mass is 169 g/mol. The van der Waals surface area contributed by atoms with Crippen LogP contribution in [-0.4, -0.2) is 23.9 Å². The van der Waals surface area contributed by atoms with E-state index in [1.165, 1.54) is 6.08 Å². The summed E-state index contributed by atoms with van der Waals surface area (Å²) in [6.45, 7) is 11.4. The first kappa shape index (κ1) is 11.2. The number of hydrogen-bond acceptors (Lipinski definition) is 1. The van der Waals surface area contributed by atoms with Crippen molar-refractivity contribution >= 4 is 5.91 Å². The average Bonchev–Trinajstić information content (AvgIpc) is 2.54. The fourth-order valence-corrected chi connectivity index (χ4v) is 1.26. The van der Waals surface area contributed by atoms with Gasteiger partial charge in [-0.2, -0.15) is 0 Å². The van der Waals surface area contributed by atoms with E-state index in [2.05, 4.69) is 13.5 Å². The van der Waals surface area contributed by atoms with Gasteiger partial charge in [-0.1, -0.05) is 27.4 Å². The van der Waals surface area contributed by atoms with E-state index in [1.807, 2.05) is 18.7 Å². The second-order valence-corrected chi connectivity index (χ2v) is 2.88. The van der Waals surface area contributed by atoms with Crippen molar-refractivity contribution in [1.29, 1.82) is 0 Å². The number of carbonyl (C=O) groups is 1. The molecule has 1 unspecified atom stereocenters. The van der Waals surface area contributed by atoms with Crippen LogP contribution in [-0.2, 0) is 4.79 Å². The molecule has 0 bridgehead atoms. The van der Waals surface area contributed by atoms with Gasteiger partial charge in [-0.3, -0.25) is 4.79 Å². The first-order valence-electron chi connectivity index (χ1n) is 4.65. The van der Waals surface area contributed by atoms with Crippen molar-refractivity contribution in [3.8, 4) is 0 Å². The Balaban J connectivity index is 0.000000561. The zero-order valence-corrected chi connectivity index (χ0v) is 8.34. The molecule has 2 heteroatoms. The summed E-state index contributed by atoms with van der Waals surface area (Å²) in [6.07, 6.45) is 2.53. The maximum absolute atomic E-state index is 11.0. The van der Waals surface area contributed by atoms with Crippen LogP contribution in [0.1, 0.15) is 27.2 Å². The number of amides is 1. The highest BCUT2D eigenvalue weighted by Gasteiger charge is 2.20. The molecule has 1 atom stereocenters. The smallest absolute Gasteiger partial charge is 0.245 e. The number of carbonyl (C=O) groups excluding carboxylic acids is 1. The van der Waals surface area contributed by atoms with Gasteiger partial charge >= 0.3 is 0 Å². The van der Waals surface area contributed by atoms with Crippen LogP contribution in [0.15, 0.2) is 12.7 Å². The molecule has 0 N–H and O–H groups in total. The van der Waals surface area contributed by atoms with Crippen LogP contribution in [0.2, 0.25) is 0 Å². The Hall–Kier alpha value is -0.790. The molecule has 0 aromatic heterocycles. The van der Waals surface area contributed by atoms with Crippen LogP contribution in [0.5, 0.6) is 0 Å². The van der Waals surface area contributed by atoms with Gasteiger partial charge in [-0.05, 0) is 18.4 Å². The summed E-state index contributed by atoms with van der Waals surface area (Å²) in [4.78, 5) is 12.8. The fraction of sp³-hybridized carbons (Fsp3) is 0.700. The van der Waals surface area contributed by atoms with E-state index in [4.69, 9.17) is 0 Å². The Morgan fingerprint density at radius 2 is 2.17 bits per heavy atom. The number of nitrogens with zero attached hydrogens (tertiary/aromatic N) is 1.